The van der Waals surface area contributed by atoms with E-state index in [2.05, 4.69) is 9.97 Å². The predicted octanol–water partition coefficient (Wildman–Crippen LogP) is 3.12. The summed E-state index contributed by atoms with van der Waals surface area (Å²) in [6, 6.07) is 7.18. The second-order valence-electron chi connectivity index (χ2n) is 6.90. The summed E-state index contributed by atoms with van der Waals surface area (Å²) in [5, 5.41) is 9.75. The molecule has 3 atom stereocenters. The number of rotatable bonds is 3. The van der Waals surface area contributed by atoms with E-state index in [-0.39, 0.29) is 30.5 Å². The number of halogens is 2. The second kappa shape index (κ2) is 6.06. The van der Waals surface area contributed by atoms with Gasteiger partial charge in [-0.2, -0.15) is 8.78 Å². The number of β-amino-alcohol motifs (C(OH)–C–C–N with tert-alkyl or cyclic N) is 1. The van der Waals surface area contributed by atoms with Crippen molar-refractivity contribution < 1.29 is 13.9 Å². The third-order valence-corrected chi connectivity index (χ3v) is 6.18. The van der Waals surface area contributed by atoms with Crippen molar-refractivity contribution in [3.63, 3.8) is 0 Å². The van der Waals surface area contributed by atoms with Crippen LogP contribution in [0.2, 0.25) is 0 Å². The van der Waals surface area contributed by atoms with Crippen LogP contribution in [0.25, 0.3) is 11.3 Å². The molecule has 0 amide bonds. The molecule has 4 rings (SSSR count). The van der Waals surface area contributed by atoms with E-state index in [0.717, 1.165) is 10.5 Å². The number of nitrogens with one attached hydrogen (secondary N) is 1. The molecule has 26 heavy (non-hydrogen) atoms. The monoisotopic (exact) mass is 378 g/mol. The van der Waals surface area contributed by atoms with E-state index in [1.807, 2.05) is 37.4 Å². The van der Waals surface area contributed by atoms with Crippen LogP contribution in [0.15, 0.2) is 29.2 Å². The lowest BCUT2D eigenvalue weighted by atomic mass is 10.0. The molecule has 1 fully saturated rings. The molecule has 1 aliphatic carbocycles. The van der Waals surface area contributed by atoms with Gasteiger partial charge in [0.15, 0.2) is 0 Å². The molecule has 1 aromatic heterocycles. The molecule has 2 aromatic rings. The molecule has 5 nitrogen and oxygen atoms in total. The fraction of sp³-hybridized carbons (Fsp3) is 0.444. The van der Waals surface area contributed by atoms with Crippen molar-refractivity contribution in [3.05, 3.63) is 35.5 Å². The highest BCUT2D eigenvalue weighted by molar-refractivity contribution is 7.85. The van der Waals surface area contributed by atoms with Gasteiger partial charge in [-0.3, -0.25) is 4.78 Å². The van der Waals surface area contributed by atoms with E-state index in [1.165, 1.54) is 0 Å². The van der Waals surface area contributed by atoms with E-state index in [4.69, 9.17) is 4.78 Å². The summed E-state index contributed by atoms with van der Waals surface area (Å²) < 4.78 is 36.5. The number of aliphatic hydroxyl groups excluding tert-OH is 1. The third kappa shape index (κ3) is 2.72. The number of aliphatic hydroxyl groups is 1. The fourth-order valence-corrected chi connectivity index (χ4v) is 3.99. The minimum absolute atomic E-state index is 0.189. The summed E-state index contributed by atoms with van der Waals surface area (Å²) in [6.07, 6.45) is 1.31. The van der Waals surface area contributed by atoms with Crippen molar-refractivity contribution >= 4 is 16.6 Å². The molecule has 1 aromatic carbocycles. The SMILES string of the molecule is C[C@H]1[C@H](O)CN1c1nc(-c2ccc(S(C)=N)cc2)c2c(n1)C(F)(F)CC2. The van der Waals surface area contributed by atoms with Crippen molar-refractivity contribution in [3.8, 4) is 11.3 Å². The van der Waals surface area contributed by atoms with E-state index in [1.54, 1.807) is 4.90 Å². The number of alkyl halides is 2. The third-order valence-electron chi connectivity index (χ3n) is 5.20. The minimum atomic E-state index is -2.95. The molecular formula is C18H20F2N4OS. The normalized spacial score (nSPS) is 24.9. The van der Waals surface area contributed by atoms with Gasteiger partial charge in [0.2, 0.25) is 5.95 Å². The average Bonchev–Trinajstić information content (AvgIpc) is 2.93. The first-order chi connectivity index (χ1) is 12.3. The Bertz CT molecular complexity index is 888. The quantitative estimate of drug-likeness (QED) is 0.861. The zero-order chi connectivity index (χ0) is 18.6. The van der Waals surface area contributed by atoms with E-state index in [9.17, 15) is 13.9 Å². The van der Waals surface area contributed by atoms with Crippen LogP contribution in [-0.2, 0) is 23.0 Å². The summed E-state index contributed by atoms with van der Waals surface area (Å²) in [5.41, 5.74) is 1.60. The molecule has 0 spiro atoms. The largest absolute Gasteiger partial charge is 0.389 e. The Morgan fingerprint density at radius 2 is 1.96 bits per heavy atom. The first kappa shape index (κ1) is 17.5. The molecule has 0 saturated carbocycles. The number of hydrogen-bond acceptors (Lipinski definition) is 5. The van der Waals surface area contributed by atoms with Crippen LogP contribution in [0.3, 0.4) is 0 Å². The Balaban J connectivity index is 1.83. The van der Waals surface area contributed by atoms with Crippen LogP contribution in [0, 0.1) is 4.78 Å². The lowest BCUT2D eigenvalue weighted by molar-refractivity contribution is -0.00603. The molecule has 2 heterocycles. The smallest absolute Gasteiger partial charge is 0.290 e. The molecule has 1 saturated heterocycles. The van der Waals surface area contributed by atoms with Gasteiger partial charge in [-0.25, -0.2) is 9.97 Å². The van der Waals surface area contributed by atoms with Gasteiger partial charge >= 0.3 is 0 Å². The Hall–Kier alpha value is -1.93. The van der Waals surface area contributed by atoms with Gasteiger partial charge in [-0.15, -0.1) is 0 Å². The molecule has 138 valence electrons. The molecule has 2 N–H and O–H groups in total. The van der Waals surface area contributed by atoms with Crippen LogP contribution < -0.4 is 4.90 Å². The van der Waals surface area contributed by atoms with Crippen LogP contribution in [0.4, 0.5) is 14.7 Å². The van der Waals surface area contributed by atoms with Crippen molar-refractivity contribution in [2.75, 3.05) is 17.7 Å². The van der Waals surface area contributed by atoms with Crippen LogP contribution in [0.1, 0.15) is 24.6 Å². The fourth-order valence-electron chi connectivity index (χ4n) is 3.45. The highest BCUT2D eigenvalue weighted by Gasteiger charge is 2.45. The molecule has 0 radical (unpaired) electrons. The first-order valence-electron chi connectivity index (χ1n) is 8.49. The molecule has 0 bridgehead atoms. The Morgan fingerprint density at radius 1 is 1.27 bits per heavy atom. The number of hydrogen-bond donors (Lipinski definition) is 2. The lowest BCUT2D eigenvalue weighted by Gasteiger charge is -2.43. The number of anilines is 1. The van der Waals surface area contributed by atoms with Gasteiger partial charge in [0.1, 0.15) is 5.69 Å². The van der Waals surface area contributed by atoms with Crippen LogP contribution in [-0.4, -0.2) is 40.0 Å². The van der Waals surface area contributed by atoms with Gasteiger partial charge in [-0.1, -0.05) is 22.8 Å². The van der Waals surface area contributed by atoms with Gasteiger partial charge in [0.05, 0.1) is 17.8 Å². The number of fused-ring (bicyclic) bond motifs is 1. The lowest BCUT2D eigenvalue weighted by Crippen LogP contribution is -2.59. The molecular weight excluding hydrogens is 358 g/mol. The molecule has 1 unspecified atom stereocenters. The van der Waals surface area contributed by atoms with Crippen molar-refractivity contribution in [2.24, 2.45) is 0 Å². The van der Waals surface area contributed by atoms with E-state index in [0.29, 0.717) is 17.8 Å². The van der Waals surface area contributed by atoms with Crippen LogP contribution >= 0.6 is 0 Å². The van der Waals surface area contributed by atoms with Gasteiger partial charge in [0, 0.05) is 29.0 Å². The summed E-state index contributed by atoms with van der Waals surface area (Å²) in [5.74, 6) is -2.70. The van der Waals surface area contributed by atoms with Gasteiger partial charge < -0.3 is 10.0 Å². The summed E-state index contributed by atoms with van der Waals surface area (Å²) in [7, 11) is -0.607. The topological polar surface area (TPSA) is 73.1 Å². The number of nitrogens with zero attached hydrogens (tertiary/aromatic N) is 3. The van der Waals surface area contributed by atoms with E-state index < -0.39 is 22.7 Å². The first-order valence-corrected chi connectivity index (χ1v) is 10.1. The Morgan fingerprint density at radius 3 is 2.54 bits per heavy atom. The van der Waals surface area contributed by atoms with Crippen molar-refractivity contribution in [1.82, 2.24) is 9.97 Å². The summed E-state index contributed by atoms with van der Waals surface area (Å²) >= 11 is 0. The summed E-state index contributed by atoms with van der Waals surface area (Å²) in [4.78, 5) is 11.4. The maximum Gasteiger partial charge on any atom is 0.290 e. The van der Waals surface area contributed by atoms with Crippen LogP contribution in [0.5, 0.6) is 0 Å². The molecule has 1 aliphatic heterocycles. The van der Waals surface area contributed by atoms with Crippen molar-refractivity contribution in [2.45, 2.75) is 42.7 Å². The van der Waals surface area contributed by atoms with E-state index >= 15 is 0 Å². The minimum Gasteiger partial charge on any atom is -0.389 e. The van der Waals surface area contributed by atoms with Crippen molar-refractivity contribution in [1.29, 1.82) is 4.78 Å². The maximum atomic E-state index is 14.4. The highest BCUT2D eigenvalue weighted by Crippen LogP contribution is 2.44. The summed E-state index contributed by atoms with van der Waals surface area (Å²) in [6.45, 7) is 2.18. The molecule has 2 aliphatic rings. The Labute approximate surface area is 153 Å². The zero-order valence-electron chi connectivity index (χ0n) is 14.5. The highest BCUT2D eigenvalue weighted by atomic mass is 32.2. The second-order valence-corrected chi connectivity index (χ2v) is 8.39. The van der Waals surface area contributed by atoms with Gasteiger partial charge in [0.25, 0.3) is 5.92 Å². The molecule has 8 heteroatoms. The predicted molar refractivity (Wildman–Crippen MR) is 96.8 cm³/mol. The maximum absolute atomic E-state index is 14.4. The number of aromatic nitrogens is 2. The van der Waals surface area contributed by atoms with Gasteiger partial charge in [-0.05, 0) is 31.7 Å². The average molecular weight is 378 g/mol. The standard InChI is InChI=1S/C18H20F2N4OS/c1-10-14(25)9-24(10)17-22-15(11-3-5-12(6-4-11)26(2)21)13-7-8-18(19,20)16(13)23-17/h3-6,10,14,21,25H,7-9H2,1-2H3/t10-,14+,26?/m0/s1. The zero-order valence-corrected chi connectivity index (χ0v) is 15.4. The number of benzene rings is 1. The Kier molecular flexibility index (Phi) is 4.07.